The second kappa shape index (κ2) is 5.00. The van der Waals surface area contributed by atoms with Gasteiger partial charge in [0.2, 0.25) is 6.30 Å². The van der Waals surface area contributed by atoms with E-state index in [4.69, 9.17) is 23.2 Å². The molecule has 0 aliphatic rings. The summed E-state index contributed by atoms with van der Waals surface area (Å²) in [6, 6.07) is 4.41. The Morgan fingerprint density at radius 2 is 2.06 bits per heavy atom. The third-order valence-corrected chi connectivity index (χ3v) is 2.97. The number of aromatic nitrogens is 3. The maximum Gasteiger partial charge on any atom is 0.223 e. The van der Waals surface area contributed by atoms with Gasteiger partial charge in [-0.1, -0.05) is 29.3 Å². The van der Waals surface area contributed by atoms with Crippen molar-refractivity contribution in [3.05, 3.63) is 46.5 Å². The lowest BCUT2D eigenvalue weighted by molar-refractivity contribution is 0.0253. The molecule has 4 nitrogen and oxygen atoms in total. The van der Waals surface area contributed by atoms with Crippen molar-refractivity contribution in [1.82, 2.24) is 14.8 Å². The van der Waals surface area contributed by atoms with Gasteiger partial charge in [0.15, 0.2) is 0 Å². The Bertz CT molecular complexity index is 506. The monoisotopic (exact) mass is 275 g/mol. The molecule has 1 N–H and O–H groups in total. The number of aliphatic hydroxyl groups is 1. The first-order valence-electron chi connectivity index (χ1n) is 4.71. The number of halogens is 3. The zero-order valence-corrected chi connectivity index (χ0v) is 9.98. The van der Waals surface area contributed by atoms with Crippen molar-refractivity contribution in [3.8, 4) is 0 Å². The summed E-state index contributed by atoms with van der Waals surface area (Å²) < 4.78 is 14.7. The lowest BCUT2D eigenvalue weighted by Gasteiger charge is -2.16. The summed E-state index contributed by atoms with van der Waals surface area (Å²) in [4.78, 5) is 3.60. The van der Waals surface area contributed by atoms with E-state index < -0.39 is 12.4 Å². The van der Waals surface area contributed by atoms with Crippen molar-refractivity contribution in [2.75, 3.05) is 0 Å². The maximum atomic E-state index is 13.8. The zero-order chi connectivity index (χ0) is 12.4. The largest absolute Gasteiger partial charge is 0.383 e. The summed E-state index contributed by atoms with van der Waals surface area (Å²) in [7, 11) is 0. The number of rotatable bonds is 3. The Hall–Kier alpha value is -1.17. The first-order chi connectivity index (χ1) is 8.09. The van der Waals surface area contributed by atoms with E-state index in [1.165, 1.54) is 30.9 Å². The second-order valence-corrected chi connectivity index (χ2v) is 4.18. The molecule has 1 aromatic carbocycles. The van der Waals surface area contributed by atoms with E-state index in [0.717, 1.165) is 4.68 Å². The molecular formula is C10H8Cl2FN3O. The van der Waals surface area contributed by atoms with Crippen LogP contribution in [0.2, 0.25) is 10.0 Å². The number of aliphatic hydroxyl groups excluding tert-OH is 1. The van der Waals surface area contributed by atoms with Crippen LogP contribution in [-0.2, 0) is 0 Å². The minimum atomic E-state index is -1.73. The number of benzene rings is 1. The van der Waals surface area contributed by atoms with Crippen LogP contribution < -0.4 is 0 Å². The molecule has 17 heavy (non-hydrogen) atoms. The van der Waals surface area contributed by atoms with E-state index >= 15 is 0 Å². The highest BCUT2D eigenvalue weighted by Gasteiger charge is 2.23. The molecule has 0 radical (unpaired) electrons. The molecule has 2 aromatic rings. The van der Waals surface area contributed by atoms with Gasteiger partial charge in [0.25, 0.3) is 0 Å². The SMILES string of the molecule is OC(c1ccc(Cl)c(Cl)c1)C(F)n1cncn1. The van der Waals surface area contributed by atoms with Crippen LogP contribution in [0.1, 0.15) is 18.0 Å². The predicted octanol–water partition coefficient (Wildman–Crippen LogP) is 2.79. The normalized spacial score (nSPS) is 14.6. The van der Waals surface area contributed by atoms with E-state index in [0.29, 0.717) is 10.6 Å². The minimum absolute atomic E-state index is 0.258. The van der Waals surface area contributed by atoms with Crippen molar-refractivity contribution in [2.24, 2.45) is 0 Å². The van der Waals surface area contributed by atoms with Crippen LogP contribution in [0.15, 0.2) is 30.9 Å². The highest BCUT2D eigenvalue weighted by molar-refractivity contribution is 6.42. The summed E-state index contributed by atoms with van der Waals surface area (Å²) in [5.41, 5.74) is 0.322. The molecule has 90 valence electrons. The average Bonchev–Trinajstić information content (AvgIpc) is 2.84. The lowest BCUT2D eigenvalue weighted by atomic mass is 10.1. The van der Waals surface area contributed by atoms with Gasteiger partial charge in [-0.25, -0.2) is 14.1 Å². The summed E-state index contributed by atoms with van der Waals surface area (Å²) in [5.74, 6) is 0. The molecule has 0 saturated carbocycles. The fourth-order valence-corrected chi connectivity index (χ4v) is 1.65. The molecule has 7 heteroatoms. The third kappa shape index (κ3) is 2.57. The quantitative estimate of drug-likeness (QED) is 0.937. The van der Waals surface area contributed by atoms with Crippen LogP contribution in [0.4, 0.5) is 4.39 Å². The molecule has 0 aliphatic heterocycles. The maximum absolute atomic E-state index is 13.8. The Morgan fingerprint density at radius 1 is 1.29 bits per heavy atom. The molecule has 2 rings (SSSR count). The van der Waals surface area contributed by atoms with Crippen LogP contribution in [-0.4, -0.2) is 19.9 Å². The standard InChI is InChI=1S/C10H8Cl2FN3O/c11-7-2-1-6(3-8(7)12)9(17)10(13)16-5-14-4-15-16/h1-5,9-10,17H. The smallest absolute Gasteiger partial charge is 0.223 e. The topological polar surface area (TPSA) is 50.9 Å². The van der Waals surface area contributed by atoms with Crippen LogP contribution in [0.25, 0.3) is 0 Å². The average molecular weight is 276 g/mol. The Labute approximate surface area is 107 Å². The number of alkyl halides is 1. The summed E-state index contributed by atoms with van der Waals surface area (Å²) in [6.07, 6.45) is -0.735. The molecule has 0 amide bonds. The second-order valence-electron chi connectivity index (χ2n) is 3.37. The van der Waals surface area contributed by atoms with E-state index in [1.807, 2.05) is 0 Å². The van der Waals surface area contributed by atoms with Crippen molar-refractivity contribution < 1.29 is 9.50 Å². The minimum Gasteiger partial charge on any atom is -0.383 e. The van der Waals surface area contributed by atoms with Crippen LogP contribution in [0.3, 0.4) is 0 Å². The summed E-state index contributed by atoms with van der Waals surface area (Å²) in [6.45, 7) is 0. The van der Waals surface area contributed by atoms with Gasteiger partial charge in [0, 0.05) is 0 Å². The van der Waals surface area contributed by atoms with Gasteiger partial charge in [0.05, 0.1) is 10.0 Å². The first kappa shape index (κ1) is 12.3. The van der Waals surface area contributed by atoms with E-state index in [1.54, 1.807) is 0 Å². The number of hydrogen-bond acceptors (Lipinski definition) is 3. The number of nitrogens with zero attached hydrogens (tertiary/aromatic N) is 3. The molecule has 2 atom stereocenters. The van der Waals surface area contributed by atoms with Gasteiger partial charge < -0.3 is 5.11 Å². The Kier molecular flexibility index (Phi) is 3.61. The fourth-order valence-electron chi connectivity index (χ4n) is 1.34. The van der Waals surface area contributed by atoms with Crippen LogP contribution in [0.5, 0.6) is 0 Å². The van der Waals surface area contributed by atoms with E-state index in [-0.39, 0.29) is 5.02 Å². The van der Waals surface area contributed by atoms with Gasteiger partial charge in [0.1, 0.15) is 18.8 Å². The van der Waals surface area contributed by atoms with Crippen molar-refractivity contribution in [3.63, 3.8) is 0 Å². The van der Waals surface area contributed by atoms with Gasteiger partial charge in [-0.05, 0) is 17.7 Å². The highest BCUT2D eigenvalue weighted by Crippen LogP contribution is 2.31. The van der Waals surface area contributed by atoms with E-state index in [9.17, 15) is 9.50 Å². The van der Waals surface area contributed by atoms with Crippen molar-refractivity contribution in [2.45, 2.75) is 12.4 Å². The van der Waals surface area contributed by atoms with Crippen LogP contribution >= 0.6 is 23.2 Å². The molecule has 1 heterocycles. The fraction of sp³-hybridized carbons (Fsp3) is 0.200. The molecule has 0 bridgehead atoms. The van der Waals surface area contributed by atoms with Crippen molar-refractivity contribution in [1.29, 1.82) is 0 Å². The third-order valence-electron chi connectivity index (χ3n) is 2.24. The van der Waals surface area contributed by atoms with Gasteiger partial charge in [-0.2, -0.15) is 5.10 Å². The lowest BCUT2D eigenvalue weighted by Crippen LogP contribution is -2.14. The molecule has 1 aromatic heterocycles. The van der Waals surface area contributed by atoms with Crippen molar-refractivity contribution >= 4 is 23.2 Å². The molecule has 0 fully saturated rings. The molecule has 0 saturated heterocycles. The first-order valence-corrected chi connectivity index (χ1v) is 5.46. The molecular weight excluding hydrogens is 268 g/mol. The van der Waals surface area contributed by atoms with E-state index in [2.05, 4.69) is 10.1 Å². The predicted molar refractivity (Wildman–Crippen MR) is 61.6 cm³/mol. The number of hydrogen-bond donors (Lipinski definition) is 1. The zero-order valence-electron chi connectivity index (χ0n) is 8.46. The summed E-state index contributed by atoms with van der Waals surface area (Å²) in [5, 5.41) is 14.0. The molecule has 0 spiro atoms. The molecule has 0 aliphatic carbocycles. The van der Waals surface area contributed by atoms with Gasteiger partial charge in [-0.15, -0.1) is 0 Å². The summed E-state index contributed by atoms with van der Waals surface area (Å²) >= 11 is 11.5. The Morgan fingerprint density at radius 3 is 2.65 bits per heavy atom. The highest BCUT2D eigenvalue weighted by atomic mass is 35.5. The Balaban J connectivity index is 2.24. The van der Waals surface area contributed by atoms with Gasteiger partial charge >= 0.3 is 0 Å². The molecule has 2 unspecified atom stereocenters. The van der Waals surface area contributed by atoms with Crippen LogP contribution in [0, 0.1) is 0 Å². The van der Waals surface area contributed by atoms with Gasteiger partial charge in [-0.3, -0.25) is 0 Å².